The predicted molar refractivity (Wildman–Crippen MR) is 59.2 cm³/mol. The summed E-state index contributed by atoms with van der Waals surface area (Å²) < 4.78 is 4.58. The van der Waals surface area contributed by atoms with E-state index < -0.39 is 11.9 Å². The van der Waals surface area contributed by atoms with E-state index in [0.717, 1.165) is 5.56 Å². The largest absolute Gasteiger partial charge is 0.466 e. The molecule has 0 N–H and O–H groups in total. The molecule has 0 heterocycles. The van der Waals surface area contributed by atoms with Gasteiger partial charge in [0, 0.05) is 5.57 Å². The fourth-order valence-corrected chi connectivity index (χ4v) is 1.29. The fourth-order valence-electron chi connectivity index (χ4n) is 1.29. The number of hydrogen-bond acceptors (Lipinski definition) is 2. The number of carbonyl (C=O) groups excluding carboxylic acids is 1. The van der Waals surface area contributed by atoms with Crippen molar-refractivity contribution in [2.45, 2.75) is 5.92 Å². The Morgan fingerprint density at radius 3 is 2.53 bits per heavy atom. The molecular weight excluding hydrogens is 188 g/mol. The van der Waals surface area contributed by atoms with Crippen LogP contribution < -0.4 is 0 Å². The zero-order valence-corrected chi connectivity index (χ0v) is 8.57. The van der Waals surface area contributed by atoms with Gasteiger partial charge in [-0.15, -0.1) is 6.42 Å². The van der Waals surface area contributed by atoms with Gasteiger partial charge >= 0.3 is 5.97 Å². The Bertz CT molecular complexity index is 398. The van der Waals surface area contributed by atoms with Gasteiger partial charge in [0.2, 0.25) is 0 Å². The lowest BCUT2D eigenvalue weighted by Gasteiger charge is -2.11. The molecule has 0 aliphatic rings. The summed E-state index contributed by atoms with van der Waals surface area (Å²) in [6, 6.07) is 9.34. The number of ether oxygens (including phenoxy) is 1. The molecule has 2 heteroatoms. The molecule has 0 fully saturated rings. The van der Waals surface area contributed by atoms with Crippen molar-refractivity contribution in [3.8, 4) is 12.3 Å². The standard InChI is InChI=1S/C13H12O2/c1-4-12(10(2)13(14)15-3)11-8-6-5-7-9-11/h1,5-9,12H,2H2,3H3. The van der Waals surface area contributed by atoms with Gasteiger partial charge in [0.15, 0.2) is 0 Å². The molecular formula is C13H12O2. The Labute approximate surface area is 89.6 Å². The summed E-state index contributed by atoms with van der Waals surface area (Å²) in [5.41, 5.74) is 1.15. The van der Waals surface area contributed by atoms with Crippen LogP contribution in [0.2, 0.25) is 0 Å². The van der Waals surface area contributed by atoms with Crippen LogP contribution in [0.3, 0.4) is 0 Å². The molecule has 0 spiro atoms. The average Bonchev–Trinajstić information content (AvgIpc) is 2.30. The van der Waals surface area contributed by atoms with Crippen molar-refractivity contribution in [3.05, 3.63) is 48.0 Å². The van der Waals surface area contributed by atoms with E-state index in [-0.39, 0.29) is 5.57 Å². The summed E-state index contributed by atoms with van der Waals surface area (Å²) in [5, 5.41) is 0. The lowest BCUT2D eigenvalue weighted by atomic mass is 9.93. The topological polar surface area (TPSA) is 26.3 Å². The first kappa shape index (κ1) is 11.1. The summed E-state index contributed by atoms with van der Waals surface area (Å²) in [6.45, 7) is 3.66. The normalized spacial score (nSPS) is 11.2. The van der Waals surface area contributed by atoms with Gasteiger partial charge in [-0.25, -0.2) is 4.79 Å². The Morgan fingerprint density at radius 1 is 1.47 bits per heavy atom. The highest BCUT2D eigenvalue weighted by atomic mass is 16.5. The third-order valence-corrected chi connectivity index (χ3v) is 2.10. The SMILES string of the molecule is C#CC(C(=C)C(=O)OC)c1ccccc1. The van der Waals surface area contributed by atoms with Crippen LogP contribution in [0.25, 0.3) is 0 Å². The van der Waals surface area contributed by atoms with E-state index in [1.165, 1.54) is 7.11 Å². The third kappa shape index (κ3) is 2.47. The zero-order valence-electron chi connectivity index (χ0n) is 8.57. The second kappa shape index (κ2) is 5.02. The monoisotopic (exact) mass is 200 g/mol. The van der Waals surface area contributed by atoms with Crippen molar-refractivity contribution in [2.24, 2.45) is 0 Å². The maximum atomic E-state index is 11.3. The maximum absolute atomic E-state index is 11.3. The molecule has 0 saturated heterocycles. The van der Waals surface area contributed by atoms with Gasteiger partial charge in [0.05, 0.1) is 13.0 Å². The van der Waals surface area contributed by atoms with Gasteiger partial charge < -0.3 is 4.74 Å². The Balaban J connectivity index is 2.97. The zero-order chi connectivity index (χ0) is 11.3. The molecule has 76 valence electrons. The van der Waals surface area contributed by atoms with Crippen molar-refractivity contribution in [1.82, 2.24) is 0 Å². The summed E-state index contributed by atoms with van der Waals surface area (Å²) in [6.07, 6.45) is 5.38. The molecule has 0 saturated carbocycles. The minimum absolute atomic E-state index is 0.284. The second-order valence-electron chi connectivity index (χ2n) is 3.03. The Morgan fingerprint density at radius 2 is 2.07 bits per heavy atom. The van der Waals surface area contributed by atoms with Gasteiger partial charge in [-0.1, -0.05) is 42.8 Å². The number of methoxy groups -OCH3 is 1. The smallest absolute Gasteiger partial charge is 0.334 e. The fraction of sp³-hybridized carbons (Fsp3) is 0.154. The summed E-state index contributed by atoms with van der Waals surface area (Å²) in [7, 11) is 1.31. The van der Waals surface area contributed by atoms with E-state index in [0.29, 0.717) is 0 Å². The van der Waals surface area contributed by atoms with Gasteiger partial charge in [-0.3, -0.25) is 0 Å². The van der Waals surface area contributed by atoms with E-state index in [1.807, 2.05) is 30.3 Å². The molecule has 0 bridgehead atoms. The van der Waals surface area contributed by atoms with Crippen LogP contribution in [-0.2, 0) is 9.53 Å². The molecule has 0 aliphatic heterocycles. The Hall–Kier alpha value is -2.01. The summed E-state index contributed by atoms with van der Waals surface area (Å²) in [4.78, 5) is 11.3. The van der Waals surface area contributed by atoms with Gasteiger partial charge in [0.25, 0.3) is 0 Å². The Kier molecular flexibility index (Phi) is 3.70. The maximum Gasteiger partial charge on any atom is 0.334 e. The molecule has 0 aliphatic carbocycles. The molecule has 15 heavy (non-hydrogen) atoms. The first-order valence-electron chi connectivity index (χ1n) is 4.49. The van der Waals surface area contributed by atoms with E-state index in [1.54, 1.807) is 0 Å². The second-order valence-corrected chi connectivity index (χ2v) is 3.03. The summed E-state index contributed by atoms with van der Waals surface area (Å²) >= 11 is 0. The molecule has 0 amide bonds. The number of benzene rings is 1. The van der Waals surface area contributed by atoms with Crippen molar-refractivity contribution in [3.63, 3.8) is 0 Å². The third-order valence-electron chi connectivity index (χ3n) is 2.10. The highest BCUT2D eigenvalue weighted by Gasteiger charge is 2.18. The van der Waals surface area contributed by atoms with Gasteiger partial charge in [0.1, 0.15) is 0 Å². The minimum atomic E-state index is -0.471. The summed E-state index contributed by atoms with van der Waals surface area (Å²) in [5.74, 6) is 1.64. The van der Waals surface area contributed by atoms with Crippen LogP contribution in [0, 0.1) is 12.3 Å². The quantitative estimate of drug-likeness (QED) is 0.424. The van der Waals surface area contributed by atoms with Crippen LogP contribution in [-0.4, -0.2) is 13.1 Å². The molecule has 1 aromatic rings. The average molecular weight is 200 g/mol. The van der Waals surface area contributed by atoms with Crippen LogP contribution in [0.4, 0.5) is 0 Å². The highest BCUT2D eigenvalue weighted by Crippen LogP contribution is 2.22. The molecule has 1 unspecified atom stereocenters. The van der Waals surface area contributed by atoms with Crippen molar-refractivity contribution in [1.29, 1.82) is 0 Å². The van der Waals surface area contributed by atoms with Gasteiger partial charge in [-0.2, -0.15) is 0 Å². The number of rotatable bonds is 3. The van der Waals surface area contributed by atoms with Crippen molar-refractivity contribution >= 4 is 5.97 Å². The number of terminal acetylenes is 1. The molecule has 2 nitrogen and oxygen atoms in total. The van der Waals surface area contributed by atoms with E-state index >= 15 is 0 Å². The lowest BCUT2D eigenvalue weighted by Crippen LogP contribution is -2.11. The number of esters is 1. The molecule has 1 rings (SSSR count). The molecule has 0 radical (unpaired) electrons. The molecule has 1 atom stereocenters. The predicted octanol–water partition coefficient (Wildman–Crippen LogP) is 2.13. The van der Waals surface area contributed by atoms with Crippen LogP contribution in [0.15, 0.2) is 42.5 Å². The lowest BCUT2D eigenvalue weighted by molar-refractivity contribution is -0.136. The van der Waals surface area contributed by atoms with Crippen LogP contribution in [0.5, 0.6) is 0 Å². The van der Waals surface area contributed by atoms with E-state index in [4.69, 9.17) is 6.42 Å². The van der Waals surface area contributed by atoms with E-state index in [9.17, 15) is 4.79 Å². The first-order chi connectivity index (χ1) is 7.20. The van der Waals surface area contributed by atoms with Gasteiger partial charge in [-0.05, 0) is 5.56 Å². The molecule has 1 aromatic carbocycles. The van der Waals surface area contributed by atoms with Crippen LogP contribution in [0.1, 0.15) is 11.5 Å². The van der Waals surface area contributed by atoms with Crippen molar-refractivity contribution in [2.75, 3.05) is 7.11 Å². The minimum Gasteiger partial charge on any atom is -0.466 e. The first-order valence-corrected chi connectivity index (χ1v) is 4.49. The van der Waals surface area contributed by atoms with E-state index in [2.05, 4.69) is 17.2 Å². The highest BCUT2D eigenvalue weighted by molar-refractivity contribution is 5.90. The number of hydrogen-bond donors (Lipinski definition) is 0. The number of carbonyl (C=O) groups is 1. The van der Waals surface area contributed by atoms with Crippen LogP contribution >= 0.6 is 0 Å². The van der Waals surface area contributed by atoms with Crippen molar-refractivity contribution < 1.29 is 9.53 Å². The molecule has 0 aromatic heterocycles.